The third-order valence-corrected chi connectivity index (χ3v) is 8.93. The Labute approximate surface area is 247 Å². The van der Waals surface area contributed by atoms with Crippen molar-refractivity contribution in [3.8, 4) is 0 Å². The lowest BCUT2D eigenvalue weighted by Crippen LogP contribution is -2.43. The first-order valence-corrected chi connectivity index (χ1v) is 17.0. The monoisotopic (exact) mass is 586 g/mol. The van der Waals surface area contributed by atoms with Crippen LogP contribution in [0.3, 0.4) is 0 Å². The smallest absolute Gasteiger partial charge is 0.296 e. The summed E-state index contributed by atoms with van der Waals surface area (Å²) in [6.45, 7) is 6.73. The summed E-state index contributed by atoms with van der Waals surface area (Å²) in [5, 5.41) is 6.36. The van der Waals surface area contributed by atoms with Gasteiger partial charge in [-0.25, -0.2) is 4.98 Å². The number of anilines is 1. The zero-order valence-corrected chi connectivity index (χ0v) is 25.7. The lowest BCUT2D eigenvalue weighted by molar-refractivity contribution is 0.0952. The molecule has 1 aromatic carbocycles. The molecule has 0 spiro atoms. The van der Waals surface area contributed by atoms with Crippen LogP contribution in [0.5, 0.6) is 0 Å². The molecule has 0 saturated carbocycles. The molecule has 9 heteroatoms. The molecule has 2 heterocycles. The number of nitrogens with one attached hydrogen (secondary N) is 2. The first-order valence-electron chi connectivity index (χ1n) is 15.6. The molecule has 2 N–H and O–H groups in total. The number of hydrogen-bond donors (Lipinski definition) is 2. The van der Waals surface area contributed by atoms with Crippen LogP contribution in [0.1, 0.15) is 99.4 Å². The second kappa shape index (κ2) is 18.8. The van der Waals surface area contributed by atoms with Crippen LogP contribution in [0, 0.1) is 6.92 Å². The van der Waals surface area contributed by atoms with Crippen molar-refractivity contribution in [3.63, 3.8) is 0 Å². The van der Waals surface area contributed by atoms with E-state index in [1.54, 1.807) is 30.5 Å². The number of carbonyl (C=O) groups excluding carboxylic acids is 1. The van der Waals surface area contributed by atoms with Crippen molar-refractivity contribution in [2.45, 2.75) is 95.3 Å². The van der Waals surface area contributed by atoms with Gasteiger partial charge in [0.25, 0.3) is 16.0 Å². The van der Waals surface area contributed by atoms with Crippen molar-refractivity contribution in [2.24, 2.45) is 0 Å². The molecule has 1 aromatic heterocycles. The number of nitrogens with zero attached hydrogens (tertiary/aromatic N) is 2. The van der Waals surface area contributed by atoms with Crippen molar-refractivity contribution < 1.29 is 17.4 Å². The van der Waals surface area contributed by atoms with Crippen LogP contribution in [0.15, 0.2) is 47.5 Å². The van der Waals surface area contributed by atoms with E-state index in [0.29, 0.717) is 12.1 Å². The number of pyridine rings is 1. The molecular formula is C32H50N4O4S. The zero-order chi connectivity index (χ0) is 29.2. The molecule has 8 nitrogen and oxygen atoms in total. The molecule has 0 bridgehead atoms. The van der Waals surface area contributed by atoms with Crippen molar-refractivity contribution in [3.05, 3.63) is 53.7 Å². The molecule has 41 heavy (non-hydrogen) atoms. The van der Waals surface area contributed by atoms with Crippen LogP contribution in [0.25, 0.3) is 0 Å². The number of aromatic nitrogens is 1. The second-order valence-electron chi connectivity index (χ2n) is 11.1. The van der Waals surface area contributed by atoms with E-state index in [1.165, 1.54) is 51.4 Å². The van der Waals surface area contributed by atoms with Crippen molar-refractivity contribution in [1.82, 2.24) is 15.6 Å². The fraction of sp³-hybridized carbons (Fsp3) is 0.625. The Morgan fingerprint density at radius 3 is 1.95 bits per heavy atom. The largest absolute Gasteiger partial charge is 0.354 e. The Bertz CT molecular complexity index is 1100. The second-order valence-corrected chi connectivity index (χ2v) is 12.7. The van der Waals surface area contributed by atoms with Crippen molar-refractivity contribution in [1.29, 1.82) is 0 Å². The number of unbranched alkanes of at least 4 members (excludes halogenated alkanes) is 12. The number of amides is 1. The van der Waals surface area contributed by atoms with Crippen LogP contribution >= 0.6 is 0 Å². The minimum Gasteiger partial charge on any atom is -0.354 e. The molecule has 228 valence electrons. The highest BCUT2D eigenvalue weighted by Crippen LogP contribution is 2.16. The summed E-state index contributed by atoms with van der Waals surface area (Å²) < 4.78 is 29.5. The number of piperazine rings is 1. The molecule has 0 unspecified atom stereocenters. The van der Waals surface area contributed by atoms with Gasteiger partial charge in [-0.1, -0.05) is 88.3 Å². The van der Waals surface area contributed by atoms with E-state index in [4.69, 9.17) is 4.18 Å². The van der Waals surface area contributed by atoms with Crippen molar-refractivity contribution >= 4 is 21.8 Å². The van der Waals surface area contributed by atoms with Gasteiger partial charge in [0, 0.05) is 38.9 Å². The Morgan fingerprint density at radius 2 is 1.39 bits per heavy atom. The first-order chi connectivity index (χ1) is 20.0. The summed E-state index contributed by atoms with van der Waals surface area (Å²) in [5.41, 5.74) is 1.66. The van der Waals surface area contributed by atoms with E-state index in [0.717, 1.165) is 69.7 Å². The van der Waals surface area contributed by atoms with E-state index in [9.17, 15) is 13.2 Å². The Balaban J connectivity index is 1.07. The van der Waals surface area contributed by atoms with Gasteiger partial charge in [-0.3, -0.25) is 8.98 Å². The molecule has 3 rings (SSSR count). The van der Waals surface area contributed by atoms with Gasteiger partial charge in [0.05, 0.1) is 17.1 Å². The molecule has 1 aliphatic rings. The zero-order valence-electron chi connectivity index (χ0n) is 24.9. The average molecular weight is 587 g/mol. The molecular weight excluding hydrogens is 536 g/mol. The number of hydrogen-bond acceptors (Lipinski definition) is 7. The summed E-state index contributed by atoms with van der Waals surface area (Å²) in [6.07, 6.45) is 16.8. The van der Waals surface area contributed by atoms with E-state index >= 15 is 0 Å². The minimum atomic E-state index is -3.64. The number of rotatable bonds is 20. The maximum Gasteiger partial charge on any atom is 0.296 e. The average Bonchev–Trinajstić information content (AvgIpc) is 2.99. The summed E-state index contributed by atoms with van der Waals surface area (Å²) in [5.74, 6) is 0.902. The van der Waals surface area contributed by atoms with Crippen LogP contribution in [-0.4, -0.2) is 58.6 Å². The van der Waals surface area contributed by atoms with Gasteiger partial charge in [0.15, 0.2) is 0 Å². The van der Waals surface area contributed by atoms with E-state index in [1.807, 2.05) is 19.1 Å². The third-order valence-electron chi connectivity index (χ3n) is 7.61. The topological polar surface area (TPSA) is 101 Å². The standard InChI is InChI=1S/C32H50N4O4S/c1-28-15-18-30(19-16-28)41(38,39)40-26-14-12-10-8-6-4-2-3-5-7-9-11-13-21-34-32(37)29-17-20-31(35-27-29)36-24-22-33-23-25-36/h15-20,27,33H,2-14,21-26H2,1H3,(H,34,37). The number of benzene rings is 1. The predicted molar refractivity (Wildman–Crippen MR) is 166 cm³/mol. The van der Waals surface area contributed by atoms with Gasteiger partial charge in [-0.15, -0.1) is 0 Å². The SMILES string of the molecule is Cc1ccc(S(=O)(=O)OCCCCCCCCCCCCCCCNC(=O)c2ccc(N3CCNCC3)nc2)cc1. The highest BCUT2D eigenvalue weighted by molar-refractivity contribution is 7.86. The summed E-state index contributed by atoms with van der Waals surface area (Å²) in [4.78, 5) is 19.3. The van der Waals surface area contributed by atoms with E-state index < -0.39 is 10.1 Å². The molecule has 1 aliphatic heterocycles. The van der Waals surface area contributed by atoms with Gasteiger partial charge in [-0.2, -0.15) is 8.42 Å². The van der Waals surface area contributed by atoms with Crippen LogP contribution in [-0.2, 0) is 14.3 Å². The van der Waals surface area contributed by atoms with E-state index in [-0.39, 0.29) is 17.4 Å². The number of carbonyl (C=O) groups is 1. The molecule has 0 atom stereocenters. The Morgan fingerprint density at radius 1 is 0.829 bits per heavy atom. The maximum absolute atomic E-state index is 12.4. The van der Waals surface area contributed by atoms with Crippen LogP contribution < -0.4 is 15.5 Å². The van der Waals surface area contributed by atoms with Crippen LogP contribution in [0.4, 0.5) is 5.82 Å². The lowest BCUT2D eigenvalue weighted by atomic mass is 10.0. The normalized spacial score (nSPS) is 13.8. The summed E-state index contributed by atoms with van der Waals surface area (Å²) in [6, 6.07) is 10.6. The molecule has 0 radical (unpaired) electrons. The first kappa shape index (κ1) is 33.0. The molecule has 1 saturated heterocycles. The van der Waals surface area contributed by atoms with Gasteiger partial charge < -0.3 is 15.5 Å². The number of aryl methyl sites for hydroxylation is 1. The highest BCUT2D eigenvalue weighted by Gasteiger charge is 2.14. The quantitative estimate of drug-likeness (QED) is 0.145. The molecule has 0 aliphatic carbocycles. The fourth-order valence-electron chi connectivity index (χ4n) is 5.02. The van der Waals surface area contributed by atoms with Crippen molar-refractivity contribution in [2.75, 3.05) is 44.2 Å². The van der Waals surface area contributed by atoms with Gasteiger partial charge in [-0.05, 0) is 44.0 Å². The highest BCUT2D eigenvalue weighted by atomic mass is 32.2. The minimum absolute atomic E-state index is 0.0382. The summed E-state index contributed by atoms with van der Waals surface area (Å²) in [7, 11) is -3.64. The molecule has 2 aromatic rings. The van der Waals surface area contributed by atoms with Crippen LogP contribution in [0.2, 0.25) is 0 Å². The fourth-order valence-corrected chi connectivity index (χ4v) is 5.96. The summed E-state index contributed by atoms with van der Waals surface area (Å²) >= 11 is 0. The van der Waals surface area contributed by atoms with Gasteiger partial charge >= 0.3 is 0 Å². The van der Waals surface area contributed by atoms with E-state index in [2.05, 4.69) is 20.5 Å². The lowest BCUT2D eigenvalue weighted by Gasteiger charge is -2.28. The molecule has 1 amide bonds. The predicted octanol–water partition coefficient (Wildman–Crippen LogP) is 6.01. The van der Waals surface area contributed by atoms with Gasteiger partial charge in [0.2, 0.25) is 0 Å². The molecule has 1 fully saturated rings. The Hall–Kier alpha value is -2.49. The van der Waals surface area contributed by atoms with Gasteiger partial charge in [0.1, 0.15) is 5.82 Å². The third kappa shape index (κ3) is 12.9. The maximum atomic E-state index is 12.4. The Kier molecular flexibility index (Phi) is 15.2.